The van der Waals surface area contributed by atoms with E-state index in [4.69, 9.17) is 11.6 Å². The first-order valence-electron chi connectivity index (χ1n) is 15.7. The zero-order valence-corrected chi connectivity index (χ0v) is 27.8. The molecule has 9 heteroatoms. The summed E-state index contributed by atoms with van der Waals surface area (Å²) in [5, 5.41) is 3.65. The van der Waals surface area contributed by atoms with Crippen LogP contribution in [0.1, 0.15) is 47.9 Å². The Balaban J connectivity index is 1.59. The third-order valence-corrected chi connectivity index (χ3v) is 10.7. The number of amides is 2. The van der Waals surface area contributed by atoms with Gasteiger partial charge in [0, 0.05) is 24.0 Å². The van der Waals surface area contributed by atoms with Crippen LogP contribution in [0.3, 0.4) is 0 Å². The van der Waals surface area contributed by atoms with Crippen molar-refractivity contribution in [1.29, 1.82) is 0 Å². The first-order valence-corrected chi connectivity index (χ1v) is 17.5. The van der Waals surface area contributed by atoms with Crippen LogP contribution in [0.4, 0.5) is 5.69 Å². The van der Waals surface area contributed by atoms with Gasteiger partial charge in [0.2, 0.25) is 11.8 Å². The molecule has 0 saturated heterocycles. The van der Waals surface area contributed by atoms with Crippen LogP contribution in [-0.2, 0) is 32.6 Å². The Kier molecular flexibility index (Phi) is 10.8. The van der Waals surface area contributed by atoms with E-state index in [0.29, 0.717) is 21.8 Å². The molecule has 240 valence electrons. The van der Waals surface area contributed by atoms with Gasteiger partial charge in [-0.25, -0.2) is 8.42 Å². The number of halogens is 1. The van der Waals surface area contributed by atoms with Gasteiger partial charge < -0.3 is 10.2 Å². The second-order valence-corrected chi connectivity index (χ2v) is 14.2. The van der Waals surface area contributed by atoms with Crippen LogP contribution < -0.4 is 9.62 Å². The van der Waals surface area contributed by atoms with Crippen LogP contribution in [0.5, 0.6) is 0 Å². The number of rotatable bonds is 12. The summed E-state index contributed by atoms with van der Waals surface area (Å²) < 4.78 is 29.7. The SMILES string of the molecule is Cc1ccc(C)c(N(CC(=O)N(Cc2ccccc2Cl)[C@@H](Cc2ccccc2)C(=O)NC2CCCC2)S(=O)(=O)c2ccccc2)c1. The molecule has 0 spiro atoms. The summed E-state index contributed by atoms with van der Waals surface area (Å²) in [6.45, 7) is 3.22. The maximum absolute atomic E-state index is 14.7. The Bertz CT molecular complexity index is 1760. The van der Waals surface area contributed by atoms with Crippen LogP contribution in [-0.4, -0.2) is 43.8 Å². The number of hydrogen-bond acceptors (Lipinski definition) is 4. The molecule has 1 N–H and O–H groups in total. The molecule has 4 aromatic rings. The van der Waals surface area contributed by atoms with E-state index < -0.39 is 28.5 Å². The van der Waals surface area contributed by atoms with E-state index >= 15 is 0 Å². The van der Waals surface area contributed by atoms with E-state index in [1.54, 1.807) is 36.4 Å². The van der Waals surface area contributed by atoms with E-state index in [1.807, 2.05) is 68.4 Å². The molecule has 0 aliphatic heterocycles. The molecule has 1 aliphatic carbocycles. The van der Waals surface area contributed by atoms with Crippen LogP contribution in [0.15, 0.2) is 108 Å². The highest BCUT2D eigenvalue weighted by Gasteiger charge is 2.36. The fourth-order valence-electron chi connectivity index (χ4n) is 5.95. The van der Waals surface area contributed by atoms with E-state index in [1.165, 1.54) is 21.3 Å². The van der Waals surface area contributed by atoms with Crippen molar-refractivity contribution in [2.75, 3.05) is 10.8 Å². The lowest BCUT2D eigenvalue weighted by molar-refractivity contribution is -0.140. The topological polar surface area (TPSA) is 86.8 Å². The quantitative estimate of drug-likeness (QED) is 0.181. The lowest BCUT2D eigenvalue weighted by atomic mass is 10.0. The van der Waals surface area contributed by atoms with Gasteiger partial charge in [-0.3, -0.25) is 13.9 Å². The van der Waals surface area contributed by atoms with Crippen molar-refractivity contribution < 1.29 is 18.0 Å². The number of hydrogen-bond donors (Lipinski definition) is 1. The highest BCUT2D eigenvalue weighted by Crippen LogP contribution is 2.29. The predicted octanol–water partition coefficient (Wildman–Crippen LogP) is 6.85. The summed E-state index contributed by atoms with van der Waals surface area (Å²) in [6.07, 6.45) is 4.11. The van der Waals surface area contributed by atoms with Gasteiger partial charge >= 0.3 is 0 Å². The third-order valence-electron chi connectivity index (χ3n) is 8.51. The van der Waals surface area contributed by atoms with Crippen molar-refractivity contribution in [3.8, 4) is 0 Å². The Hall–Kier alpha value is -4.14. The molecule has 0 heterocycles. The van der Waals surface area contributed by atoms with Crippen molar-refractivity contribution >= 4 is 39.1 Å². The number of nitrogens with zero attached hydrogens (tertiary/aromatic N) is 2. The van der Waals surface area contributed by atoms with Crippen LogP contribution in [0, 0.1) is 13.8 Å². The monoisotopic (exact) mass is 657 g/mol. The lowest BCUT2D eigenvalue weighted by Gasteiger charge is -2.35. The Morgan fingerprint density at radius 3 is 2.17 bits per heavy atom. The molecular formula is C37H40ClN3O4S. The molecule has 2 amide bonds. The normalized spacial score (nSPS) is 14.1. The highest BCUT2D eigenvalue weighted by molar-refractivity contribution is 7.92. The Morgan fingerprint density at radius 1 is 0.870 bits per heavy atom. The van der Waals surface area contributed by atoms with Crippen LogP contribution >= 0.6 is 11.6 Å². The molecule has 1 fully saturated rings. The van der Waals surface area contributed by atoms with E-state index in [0.717, 1.165) is 36.8 Å². The minimum absolute atomic E-state index is 0.0279. The van der Waals surface area contributed by atoms with E-state index in [9.17, 15) is 18.0 Å². The zero-order chi connectivity index (χ0) is 32.7. The standard InChI is InChI=1S/C37H40ClN3O4S/c1-27-21-22-28(2)34(23-27)41(46(44,45)32-18-7-4-8-19-32)26-36(42)40(25-30-15-9-12-20-33(30)38)35(24-29-13-5-3-6-14-29)37(43)39-31-16-10-11-17-31/h3-9,12-15,18-23,31,35H,10-11,16-17,24-26H2,1-2H3,(H,39,43)/t35-/m0/s1. The van der Waals surface area contributed by atoms with E-state index in [2.05, 4.69) is 5.32 Å². The number of aryl methyl sites for hydroxylation is 2. The Morgan fingerprint density at radius 2 is 1.50 bits per heavy atom. The molecule has 0 bridgehead atoms. The van der Waals surface area contributed by atoms with Gasteiger partial charge in [-0.05, 0) is 73.2 Å². The van der Waals surface area contributed by atoms with E-state index in [-0.39, 0.29) is 29.8 Å². The van der Waals surface area contributed by atoms with Crippen LogP contribution in [0.25, 0.3) is 0 Å². The molecule has 4 aromatic carbocycles. The summed E-state index contributed by atoms with van der Waals surface area (Å²) in [5.74, 6) is -0.775. The Labute approximate surface area is 277 Å². The molecule has 1 aliphatic rings. The maximum atomic E-state index is 14.7. The number of sulfonamides is 1. The first-order chi connectivity index (χ1) is 22.1. The fourth-order valence-corrected chi connectivity index (χ4v) is 7.64. The summed E-state index contributed by atoms with van der Waals surface area (Å²) >= 11 is 6.60. The molecule has 1 atom stereocenters. The molecule has 5 rings (SSSR count). The largest absolute Gasteiger partial charge is 0.352 e. The molecule has 0 radical (unpaired) electrons. The van der Waals surface area contributed by atoms with Gasteiger partial charge in [-0.1, -0.05) is 103 Å². The average Bonchev–Trinajstić information content (AvgIpc) is 3.57. The molecule has 7 nitrogen and oxygen atoms in total. The number of nitrogens with one attached hydrogen (secondary N) is 1. The second kappa shape index (κ2) is 15.0. The van der Waals surface area contributed by atoms with Crippen molar-refractivity contribution in [3.63, 3.8) is 0 Å². The molecule has 46 heavy (non-hydrogen) atoms. The van der Waals surface area contributed by atoms with Crippen molar-refractivity contribution in [3.05, 3.63) is 130 Å². The first kappa shape index (κ1) is 33.2. The average molecular weight is 658 g/mol. The van der Waals surface area contributed by atoms with Crippen molar-refractivity contribution in [1.82, 2.24) is 10.2 Å². The lowest BCUT2D eigenvalue weighted by Crippen LogP contribution is -2.54. The van der Waals surface area contributed by atoms with Gasteiger partial charge in [-0.15, -0.1) is 0 Å². The van der Waals surface area contributed by atoms with Crippen molar-refractivity contribution in [2.24, 2.45) is 0 Å². The van der Waals surface area contributed by atoms with Gasteiger partial charge in [-0.2, -0.15) is 0 Å². The highest BCUT2D eigenvalue weighted by atomic mass is 35.5. The number of benzene rings is 4. The zero-order valence-electron chi connectivity index (χ0n) is 26.2. The molecule has 1 saturated carbocycles. The number of carbonyl (C=O) groups is 2. The predicted molar refractivity (Wildman–Crippen MR) is 183 cm³/mol. The van der Waals surface area contributed by atoms with Gasteiger partial charge in [0.15, 0.2) is 0 Å². The number of carbonyl (C=O) groups excluding carboxylic acids is 2. The second-order valence-electron chi connectivity index (χ2n) is 11.9. The summed E-state index contributed by atoms with van der Waals surface area (Å²) in [5.41, 5.74) is 3.51. The number of anilines is 1. The van der Waals surface area contributed by atoms with Gasteiger partial charge in [0.25, 0.3) is 10.0 Å². The summed E-state index contributed by atoms with van der Waals surface area (Å²) in [7, 11) is -4.17. The maximum Gasteiger partial charge on any atom is 0.264 e. The molecular weight excluding hydrogens is 618 g/mol. The minimum Gasteiger partial charge on any atom is -0.352 e. The fraction of sp³-hybridized carbons (Fsp3) is 0.297. The van der Waals surface area contributed by atoms with Crippen LogP contribution in [0.2, 0.25) is 5.02 Å². The van der Waals surface area contributed by atoms with Gasteiger partial charge in [0.1, 0.15) is 12.6 Å². The third kappa shape index (κ3) is 7.98. The molecule has 0 aromatic heterocycles. The van der Waals surface area contributed by atoms with Gasteiger partial charge in [0.05, 0.1) is 10.6 Å². The van der Waals surface area contributed by atoms with Crippen molar-refractivity contribution in [2.45, 2.75) is 69.5 Å². The summed E-state index contributed by atoms with van der Waals surface area (Å²) in [4.78, 5) is 30.4. The molecule has 0 unspecified atom stereocenters. The smallest absolute Gasteiger partial charge is 0.264 e. The minimum atomic E-state index is -4.17. The summed E-state index contributed by atoms with van der Waals surface area (Å²) in [6, 6.07) is 29.5.